The summed E-state index contributed by atoms with van der Waals surface area (Å²) in [5.74, 6) is -0.0911. The van der Waals surface area contributed by atoms with Gasteiger partial charge in [0.25, 0.3) is 0 Å². The van der Waals surface area contributed by atoms with Crippen molar-refractivity contribution >= 4 is 51.0 Å². The highest BCUT2D eigenvalue weighted by Crippen LogP contribution is 2.39. The Morgan fingerprint density at radius 2 is 1.90 bits per heavy atom. The van der Waals surface area contributed by atoms with Crippen molar-refractivity contribution in [3.8, 4) is 0 Å². The number of thiocarbonyl (C=S) groups is 1. The monoisotopic (exact) mass is 431 g/mol. The Bertz CT molecular complexity index is 1260. The van der Waals surface area contributed by atoms with Crippen LogP contribution in [0, 0.1) is 0 Å². The predicted octanol–water partition coefficient (Wildman–Crippen LogP) is 4.66. The van der Waals surface area contributed by atoms with Crippen molar-refractivity contribution in [3.63, 3.8) is 0 Å². The highest BCUT2D eigenvalue weighted by Gasteiger charge is 2.54. The molecule has 31 heavy (non-hydrogen) atoms. The molecule has 2 aliphatic heterocycles. The number of carbonyl (C=O) groups excluding carboxylic acids is 2. The first-order valence-corrected chi connectivity index (χ1v) is 10.7. The van der Waals surface area contributed by atoms with Gasteiger partial charge in [0, 0.05) is 6.42 Å². The van der Waals surface area contributed by atoms with Crippen molar-refractivity contribution in [1.82, 2.24) is 4.90 Å². The Kier molecular flexibility index (Phi) is 4.94. The largest absolute Gasteiger partial charge is 0.471 e. The third-order valence-electron chi connectivity index (χ3n) is 5.98. The van der Waals surface area contributed by atoms with Crippen LogP contribution in [0.25, 0.3) is 21.5 Å². The molecule has 2 fully saturated rings. The molecule has 0 aliphatic carbocycles. The number of allylic oxidation sites excluding steroid dienone is 1. The second kappa shape index (κ2) is 7.78. The predicted molar refractivity (Wildman–Crippen MR) is 122 cm³/mol. The second-order valence-electron chi connectivity index (χ2n) is 7.94. The normalized spacial score (nSPS) is 21.5. The molecule has 3 aromatic carbocycles. The first-order valence-electron chi connectivity index (χ1n) is 10.2. The van der Waals surface area contributed by atoms with E-state index in [0.29, 0.717) is 12.2 Å². The molecule has 6 heteroatoms. The number of amides is 1. The number of hydrogen-bond acceptors (Lipinski definition) is 5. The summed E-state index contributed by atoms with van der Waals surface area (Å²) in [6.45, 7) is 1.99. The van der Waals surface area contributed by atoms with Gasteiger partial charge in [-0.3, -0.25) is 9.69 Å². The van der Waals surface area contributed by atoms with Gasteiger partial charge in [0.1, 0.15) is 12.4 Å². The summed E-state index contributed by atoms with van der Waals surface area (Å²) in [5, 5.41) is 6.02. The minimum Gasteiger partial charge on any atom is -0.471 e. The molecule has 5 nitrogen and oxygen atoms in total. The summed E-state index contributed by atoms with van der Waals surface area (Å²) in [6, 6.07) is 17.6. The third-order valence-corrected chi connectivity index (χ3v) is 6.14. The van der Waals surface area contributed by atoms with Gasteiger partial charge in [-0.15, -0.1) is 0 Å². The average molecular weight is 432 g/mol. The number of nitrogens with zero attached hydrogens (tertiary/aromatic N) is 1. The van der Waals surface area contributed by atoms with E-state index in [0.717, 1.165) is 27.3 Å². The van der Waals surface area contributed by atoms with Gasteiger partial charge < -0.3 is 9.47 Å². The van der Waals surface area contributed by atoms with Gasteiger partial charge >= 0.3 is 5.97 Å². The van der Waals surface area contributed by atoms with Crippen molar-refractivity contribution in [2.24, 2.45) is 0 Å². The molecule has 2 saturated heterocycles. The number of ether oxygens (including phenoxy) is 2. The molecule has 0 bridgehead atoms. The number of carbonyl (C=O) groups is 2. The fraction of sp³-hybridized carbons (Fsp3) is 0.240. The topological polar surface area (TPSA) is 55.8 Å². The summed E-state index contributed by atoms with van der Waals surface area (Å²) in [5.41, 5.74) is 1.76. The van der Waals surface area contributed by atoms with Gasteiger partial charge in [-0.25, -0.2) is 4.79 Å². The van der Waals surface area contributed by atoms with Crippen molar-refractivity contribution < 1.29 is 19.1 Å². The Labute approximate surface area is 185 Å². The number of esters is 1. The Balaban J connectivity index is 1.42. The SMILES string of the molecule is CC(CC=S)=C1OC2CC(=O)N2C1C(=O)OCc1cccc2cc3ccccc3cc12. The zero-order valence-electron chi connectivity index (χ0n) is 17.0. The summed E-state index contributed by atoms with van der Waals surface area (Å²) in [7, 11) is 0. The van der Waals surface area contributed by atoms with E-state index >= 15 is 0 Å². The van der Waals surface area contributed by atoms with E-state index in [2.05, 4.69) is 30.3 Å². The van der Waals surface area contributed by atoms with Crippen LogP contribution >= 0.6 is 12.2 Å². The minimum absolute atomic E-state index is 0.103. The molecular weight excluding hydrogens is 410 g/mol. The number of fused-ring (bicyclic) bond motifs is 3. The van der Waals surface area contributed by atoms with Crippen LogP contribution in [0.1, 0.15) is 25.3 Å². The molecular formula is C25H21NO4S. The molecule has 2 heterocycles. The molecule has 0 saturated carbocycles. The van der Waals surface area contributed by atoms with E-state index in [1.165, 1.54) is 10.3 Å². The molecule has 5 rings (SSSR count). The lowest BCUT2D eigenvalue weighted by atomic mass is 10.00. The van der Waals surface area contributed by atoms with Crippen LogP contribution < -0.4 is 0 Å². The van der Waals surface area contributed by atoms with Crippen molar-refractivity contribution in [2.75, 3.05) is 0 Å². The van der Waals surface area contributed by atoms with E-state index in [1.807, 2.05) is 31.2 Å². The molecule has 0 aromatic heterocycles. The lowest BCUT2D eigenvalue weighted by Crippen LogP contribution is -2.55. The van der Waals surface area contributed by atoms with Crippen LogP contribution in [0.4, 0.5) is 0 Å². The second-order valence-corrected chi connectivity index (χ2v) is 8.27. The van der Waals surface area contributed by atoms with Crippen LogP contribution in [0.5, 0.6) is 0 Å². The van der Waals surface area contributed by atoms with Gasteiger partial charge in [-0.2, -0.15) is 0 Å². The molecule has 3 aromatic rings. The molecule has 2 atom stereocenters. The van der Waals surface area contributed by atoms with E-state index < -0.39 is 12.0 Å². The van der Waals surface area contributed by atoms with Gasteiger partial charge in [0.15, 0.2) is 12.3 Å². The first-order chi connectivity index (χ1) is 15.1. The zero-order valence-corrected chi connectivity index (χ0v) is 17.9. The van der Waals surface area contributed by atoms with E-state index in [1.54, 1.807) is 5.37 Å². The maximum Gasteiger partial charge on any atom is 0.337 e. The van der Waals surface area contributed by atoms with Crippen LogP contribution in [0.3, 0.4) is 0 Å². The smallest absolute Gasteiger partial charge is 0.337 e. The lowest BCUT2D eigenvalue weighted by molar-refractivity contribution is -0.166. The summed E-state index contributed by atoms with van der Waals surface area (Å²) >= 11 is 4.95. The molecule has 2 unspecified atom stereocenters. The molecule has 0 spiro atoms. The molecule has 156 valence electrons. The Morgan fingerprint density at radius 1 is 1.16 bits per heavy atom. The highest BCUT2D eigenvalue weighted by atomic mass is 32.1. The number of β-lactam (4-membered cyclic amide) rings is 1. The molecule has 0 radical (unpaired) electrons. The van der Waals surface area contributed by atoms with Crippen LogP contribution in [0.15, 0.2) is 65.9 Å². The zero-order chi connectivity index (χ0) is 21.5. The highest BCUT2D eigenvalue weighted by molar-refractivity contribution is 7.79. The maximum atomic E-state index is 13.1. The van der Waals surface area contributed by atoms with Gasteiger partial charge in [-0.1, -0.05) is 54.7 Å². The van der Waals surface area contributed by atoms with Gasteiger partial charge in [-0.05, 0) is 57.1 Å². The molecule has 0 N–H and O–H groups in total. The van der Waals surface area contributed by atoms with Crippen LogP contribution in [-0.2, 0) is 25.7 Å². The third kappa shape index (κ3) is 3.37. The van der Waals surface area contributed by atoms with Gasteiger partial charge in [0.2, 0.25) is 5.91 Å². The number of benzene rings is 3. The Morgan fingerprint density at radius 3 is 2.65 bits per heavy atom. The standard InChI is InChI=1S/C25H21NO4S/c1-15(9-10-31)24-23(26-21(27)13-22(26)30-24)25(28)29-14-19-8-4-7-18-11-16-5-2-3-6-17(16)12-20(18)19/h2-8,10-12,22-23H,9,13-14H2,1H3. The van der Waals surface area contributed by atoms with E-state index in [-0.39, 0.29) is 25.2 Å². The van der Waals surface area contributed by atoms with E-state index in [9.17, 15) is 9.59 Å². The minimum atomic E-state index is -0.836. The average Bonchev–Trinajstić information content (AvgIpc) is 3.09. The molecule has 2 aliphatic rings. The summed E-state index contributed by atoms with van der Waals surface area (Å²) < 4.78 is 11.6. The first kappa shape index (κ1) is 19.7. The fourth-order valence-electron chi connectivity index (χ4n) is 4.31. The van der Waals surface area contributed by atoms with Crippen molar-refractivity contribution in [2.45, 2.75) is 38.6 Å². The number of rotatable bonds is 5. The quantitative estimate of drug-likeness (QED) is 0.255. The van der Waals surface area contributed by atoms with Crippen molar-refractivity contribution in [1.29, 1.82) is 0 Å². The van der Waals surface area contributed by atoms with Crippen molar-refractivity contribution in [3.05, 3.63) is 71.5 Å². The summed E-state index contributed by atoms with van der Waals surface area (Å²) in [6.07, 6.45) is 0.415. The van der Waals surface area contributed by atoms with Crippen LogP contribution in [0.2, 0.25) is 0 Å². The lowest BCUT2D eigenvalue weighted by Gasteiger charge is -2.33. The maximum absolute atomic E-state index is 13.1. The van der Waals surface area contributed by atoms with E-state index in [4.69, 9.17) is 21.7 Å². The van der Waals surface area contributed by atoms with Crippen LogP contribution in [-0.4, -0.2) is 34.4 Å². The Hall–Kier alpha value is -3.25. The summed E-state index contributed by atoms with van der Waals surface area (Å²) in [4.78, 5) is 26.6. The molecule has 1 amide bonds. The number of hydrogen-bond donors (Lipinski definition) is 0. The fourth-order valence-corrected chi connectivity index (χ4v) is 4.56. The van der Waals surface area contributed by atoms with Gasteiger partial charge in [0.05, 0.1) is 6.42 Å².